The lowest BCUT2D eigenvalue weighted by Gasteiger charge is -2.20. The third kappa shape index (κ3) is 5.71. The van der Waals surface area contributed by atoms with Crippen molar-refractivity contribution >= 4 is 17.4 Å². The van der Waals surface area contributed by atoms with E-state index in [4.69, 9.17) is 5.10 Å². The maximum Gasteiger partial charge on any atom is 0.307 e. The number of fused-ring (bicyclic) bond motifs is 1. The molecule has 0 aliphatic carbocycles. The van der Waals surface area contributed by atoms with Crippen LogP contribution in [0.15, 0.2) is 23.4 Å². The Labute approximate surface area is 174 Å². The largest absolute Gasteiger partial charge is 0.316 e. The van der Waals surface area contributed by atoms with Crippen molar-refractivity contribution in [2.75, 3.05) is 25.4 Å². The lowest BCUT2D eigenvalue weighted by molar-refractivity contribution is -0.644. The van der Waals surface area contributed by atoms with Crippen LogP contribution in [0.1, 0.15) is 70.4 Å². The van der Waals surface area contributed by atoms with Crippen LogP contribution in [0, 0.1) is 0 Å². The van der Waals surface area contributed by atoms with Crippen LogP contribution in [0.4, 0.5) is 0 Å². The van der Waals surface area contributed by atoms with Gasteiger partial charge in [0.05, 0.1) is 7.05 Å². The Kier molecular flexibility index (Phi) is 8.62. The highest BCUT2D eigenvalue weighted by Gasteiger charge is 2.24. The number of rotatable bonds is 3. The van der Waals surface area contributed by atoms with Crippen molar-refractivity contribution in [3.05, 3.63) is 24.0 Å². The van der Waals surface area contributed by atoms with Gasteiger partial charge in [-0.25, -0.2) is 4.57 Å². The van der Waals surface area contributed by atoms with Crippen LogP contribution < -0.4 is 15.2 Å². The normalized spacial score (nSPS) is 23.1. The van der Waals surface area contributed by atoms with E-state index in [1.165, 1.54) is 49.9 Å². The molecule has 0 fully saturated rings. The van der Waals surface area contributed by atoms with Gasteiger partial charge >= 0.3 is 5.65 Å². The van der Waals surface area contributed by atoms with Crippen molar-refractivity contribution < 1.29 is 4.57 Å². The number of hydrogen-bond donors (Lipinski definition) is 2. The molecule has 0 saturated heterocycles. The van der Waals surface area contributed by atoms with Crippen LogP contribution in [-0.2, 0) is 7.05 Å². The van der Waals surface area contributed by atoms with E-state index in [9.17, 15) is 0 Å². The van der Waals surface area contributed by atoms with Crippen molar-refractivity contribution in [2.45, 2.75) is 75.8 Å². The second-order valence-corrected chi connectivity index (χ2v) is 9.15. The van der Waals surface area contributed by atoms with Crippen molar-refractivity contribution in [1.29, 1.82) is 0 Å². The van der Waals surface area contributed by atoms with E-state index in [1.807, 2.05) is 11.8 Å². The molecule has 1 aliphatic rings. The second-order valence-electron chi connectivity index (χ2n) is 8.03. The summed E-state index contributed by atoms with van der Waals surface area (Å²) in [5, 5.41) is 13.5. The highest BCUT2D eigenvalue weighted by atomic mass is 32.2. The van der Waals surface area contributed by atoms with E-state index in [0.717, 1.165) is 36.8 Å². The predicted octanol–water partition coefficient (Wildman–Crippen LogP) is 3.67. The molecule has 0 aromatic carbocycles. The monoisotopic (exact) mass is 404 g/mol. The summed E-state index contributed by atoms with van der Waals surface area (Å²) in [6, 6.07) is 5.02. The Balaban J connectivity index is 1.84. The maximum absolute atomic E-state index is 4.99. The lowest BCUT2D eigenvalue weighted by atomic mass is 9.93. The molecule has 3 heterocycles. The van der Waals surface area contributed by atoms with E-state index in [1.54, 1.807) is 0 Å². The van der Waals surface area contributed by atoms with Gasteiger partial charge in [-0.1, -0.05) is 29.9 Å². The number of thioether (sulfide) groups is 1. The zero-order chi connectivity index (χ0) is 19.8. The summed E-state index contributed by atoms with van der Waals surface area (Å²) in [6.45, 7) is 7.92. The molecule has 0 saturated carbocycles. The summed E-state index contributed by atoms with van der Waals surface area (Å²) in [6.07, 6.45) is 11.0. The minimum atomic E-state index is 0.556. The average molecular weight is 405 g/mol. The molecule has 0 radical (unpaired) electrons. The van der Waals surface area contributed by atoms with Gasteiger partial charge in [0.1, 0.15) is 11.2 Å². The van der Waals surface area contributed by atoms with Crippen molar-refractivity contribution in [3.8, 4) is 0 Å². The first-order valence-corrected chi connectivity index (χ1v) is 12.2. The molecule has 156 valence electrons. The topological polar surface area (TPSA) is 45.2 Å². The molecule has 28 heavy (non-hydrogen) atoms. The van der Waals surface area contributed by atoms with Crippen molar-refractivity contribution in [3.63, 3.8) is 0 Å². The first-order valence-electron chi connectivity index (χ1n) is 11.2. The number of nitrogens with one attached hydrogen (secondary N) is 2. The molecular formula is C22H38N5S+. The van der Waals surface area contributed by atoms with E-state index in [0.29, 0.717) is 12.0 Å². The molecule has 1 aliphatic heterocycles. The van der Waals surface area contributed by atoms with Crippen LogP contribution in [0.25, 0.3) is 5.65 Å². The third-order valence-corrected chi connectivity index (χ3v) is 6.80. The van der Waals surface area contributed by atoms with Gasteiger partial charge in [-0.15, -0.1) is 11.8 Å². The zero-order valence-electron chi connectivity index (χ0n) is 17.9. The summed E-state index contributed by atoms with van der Waals surface area (Å²) in [5.41, 5.74) is 2.54. The fourth-order valence-corrected chi connectivity index (χ4v) is 4.98. The molecule has 5 nitrogen and oxygen atoms in total. The van der Waals surface area contributed by atoms with Crippen LogP contribution in [0.2, 0.25) is 0 Å². The standard InChI is InChI=1S/C22H38N5S/c1-4-8-19-10-9-18(5-2)20-17-26(3)22-12-11-21(25-27(20)22)28-16-15-23-13-6-7-14-24-19/h11-12,17-19,23-24H,4-10,13-16H2,1-3H3/q+1. The fourth-order valence-electron chi connectivity index (χ4n) is 4.23. The molecule has 2 bridgehead atoms. The number of aromatic nitrogens is 3. The molecule has 0 spiro atoms. The summed E-state index contributed by atoms with van der Waals surface area (Å²) < 4.78 is 4.42. The van der Waals surface area contributed by atoms with Gasteiger partial charge in [0.15, 0.2) is 5.69 Å². The van der Waals surface area contributed by atoms with Gasteiger partial charge in [0.2, 0.25) is 0 Å². The van der Waals surface area contributed by atoms with Crippen molar-refractivity contribution in [1.82, 2.24) is 20.2 Å². The molecule has 2 aromatic heterocycles. The maximum atomic E-state index is 4.99. The van der Waals surface area contributed by atoms with E-state index in [2.05, 4.69) is 58.9 Å². The van der Waals surface area contributed by atoms with E-state index < -0.39 is 0 Å². The molecule has 2 atom stereocenters. The lowest BCUT2D eigenvalue weighted by Crippen LogP contribution is -2.31. The Morgan fingerprint density at radius 3 is 2.86 bits per heavy atom. The molecular weight excluding hydrogens is 366 g/mol. The molecule has 6 heteroatoms. The molecule has 2 N–H and O–H groups in total. The number of nitrogens with zero attached hydrogens (tertiary/aromatic N) is 3. The fraction of sp³-hybridized carbons (Fsp3) is 0.727. The Morgan fingerprint density at radius 2 is 2.04 bits per heavy atom. The quantitative estimate of drug-likeness (QED) is 0.766. The first-order chi connectivity index (χ1) is 13.7. The van der Waals surface area contributed by atoms with Crippen LogP contribution >= 0.6 is 11.8 Å². The predicted molar refractivity (Wildman–Crippen MR) is 118 cm³/mol. The second kappa shape index (κ2) is 11.2. The summed E-state index contributed by atoms with van der Waals surface area (Å²) in [7, 11) is 2.14. The van der Waals surface area contributed by atoms with Gasteiger partial charge in [0.25, 0.3) is 0 Å². The van der Waals surface area contributed by atoms with E-state index in [-0.39, 0.29) is 0 Å². The number of imidazole rings is 1. The van der Waals surface area contributed by atoms with Gasteiger partial charge < -0.3 is 10.6 Å². The molecule has 3 rings (SSSR count). The smallest absolute Gasteiger partial charge is 0.307 e. The summed E-state index contributed by atoms with van der Waals surface area (Å²) >= 11 is 1.85. The molecule has 0 amide bonds. The SMILES string of the molecule is CCCC1CCC(CC)c2c[n+](C)c3ccc(nn23)SCCNCCCCN1. The van der Waals surface area contributed by atoms with Crippen LogP contribution in [-0.4, -0.2) is 41.0 Å². The third-order valence-electron chi connectivity index (χ3n) is 5.88. The zero-order valence-corrected chi connectivity index (χ0v) is 18.7. The average Bonchev–Trinajstić information content (AvgIpc) is 3.02. The van der Waals surface area contributed by atoms with Crippen LogP contribution in [0.5, 0.6) is 0 Å². The summed E-state index contributed by atoms with van der Waals surface area (Å²) in [5.74, 6) is 1.62. The van der Waals surface area contributed by atoms with Gasteiger partial charge in [-0.05, 0) is 57.7 Å². The molecule has 2 aromatic rings. The van der Waals surface area contributed by atoms with Gasteiger partial charge in [0, 0.05) is 30.3 Å². The minimum absolute atomic E-state index is 0.556. The Hall–Kier alpha value is -1.11. The summed E-state index contributed by atoms with van der Waals surface area (Å²) in [4.78, 5) is 0. The highest BCUT2D eigenvalue weighted by Crippen LogP contribution is 2.27. The first kappa shape index (κ1) is 21.6. The Bertz CT molecular complexity index is 729. The van der Waals surface area contributed by atoms with Crippen molar-refractivity contribution in [2.24, 2.45) is 7.05 Å². The van der Waals surface area contributed by atoms with Crippen LogP contribution in [0.3, 0.4) is 0 Å². The minimum Gasteiger partial charge on any atom is -0.316 e. The van der Waals surface area contributed by atoms with Gasteiger partial charge in [-0.2, -0.15) is 0 Å². The molecule has 2 unspecified atom stereocenters. The van der Waals surface area contributed by atoms with E-state index >= 15 is 0 Å². The number of aryl methyl sites for hydroxylation is 1. The highest BCUT2D eigenvalue weighted by molar-refractivity contribution is 7.99. The number of hydrogen-bond acceptors (Lipinski definition) is 4. The Morgan fingerprint density at radius 1 is 1.18 bits per heavy atom. The van der Waals surface area contributed by atoms with Gasteiger partial charge in [-0.3, -0.25) is 0 Å².